The summed E-state index contributed by atoms with van der Waals surface area (Å²) >= 11 is 0. The first-order chi connectivity index (χ1) is 16.7. The van der Waals surface area contributed by atoms with Crippen molar-refractivity contribution in [2.45, 2.75) is 45.2 Å². The number of nitrogens with zero attached hydrogens (tertiary/aromatic N) is 6. The lowest BCUT2D eigenvalue weighted by atomic mass is 9.87. The topological polar surface area (TPSA) is 68.8 Å². The molecule has 2 unspecified atom stereocenters. The Morgan fingerprint density at radius 1 is 1.06 bits per heavy atom. The molecular formula is C25H25F3N6O. The predicted octanol–water partition coefficient (Wildman–Crippen LogP) is 4.71. The predicted molar refractivity (Wildman–Crippen MR) is 124 cm³/mol. The SMILES string of the molecule is CCC1Cc2c(nn(C)c2-c2cc(F)c(F)c(F)c2)C(CC)N1C(=O)c1cnc2c(c1)ncn2C. The van der Waals surface area contributed by atoms with Gasteiger partial charge in [0.05, 0.1) is 29.3 Å². The molecule has 0 N–H and O–H groups in total. The fourth-order valence-corrected chi connectivity index (χ4v) is 5.15. The molecule has 0 saturated carbocycles. The van der Waals surface area contributed by atoms with Crippen LogP contribution in [0.3, 0.4) is 0 Å². The molecule has 35 heavy (non-hydrogen) atoms. The van der Waals surface area contributed by atoms with Crippen LogP contribution in [-0.2, 0) is 20.5 Å². The number of carbonyl (C=O) groups excluding carboxylic acids is 1. The molecule has 0 spiro atoms. The largest absolute Gasteiger partial charge is 0.327 e. The first-order valence-electron chi connectivity index (χ1n) is 11.6. The summed E-state index contributed by atoms with van der Waals surface area (Å²) in [4.78, 5) is 24.3. The number of carbonyl (C=O) groups is 1. The van der Waals surface area contributed by atoms with Crippen LogP contribution in [0.5, 0.6) is 0 Å². The smallest absolute Gasteiger partial charge is 0.256 e. The molecule has 0 aliphatic carbocycles. The van der Waals surface area contributed by atoms with E-state index >= 15 is 0 Å². The van der Waals surface area contributed by atoms with Gasteiger partial charge in [-0.05, 0) is 37.5 Å². The van der Waals surface area contributed by atoms with Crippen molar-refractivity contribution in [2.24, 2.45) is 14.1 Å². The zero-order valence-corrected chi connectivity index (χ0v) is 19.9. The third-order valence-corrected chi connectivity index (χ3v) is 6.81. The van der Waals surface area contributed by atoms with Gasteiger partial charge in [-0.1, -0.05) is 13.8 Å². The third kappa shape index (κ3) is 3.59. The molecule has 1 aromatic carbocycles. The second kappa shape index (κ2) is 8.51. The maximum absolute atomic E-state index is 14.0. The van der Waals surface area contributed by atoms with Crippen LogP contribution in [-0.4, -0.2) is 41.2 Å². The second-order valence-electron chi connectivity index (χ2n) is 8.91. The highest BCUT2D eigenvalue weighted by molar-refractivity contribution is 5.97. The van der Waals surface area contributed by atoms with E-state index in [0.29, 0.717) is 47.4 Å². The Bertz CT molecular complexity index is 1440. The van der Waals surface area contributed by atoms with Gasteiger partial charge in [-0.2, -0.15) is 5.10 Å². The van der Waals surface area contributed by atoms with Gasteiger partial charge in [-0.25, -0.2) is 23.1 Å². The van der Waals surface area contributed by atoms with Crippen molar-refractivity contribution >= 4 is 17.1 Å². The lowest BCUT2D eigenvalue weighted by molar-refractivity contribution is 0.0512. The quantitative estimate of drug-likeness (QED) is 0.395. The number of amides is 1. The molecule has 0 fully saturated rings. The summed E-state index contributed by atoms with van der Waals surface area (Å²) in [5.41, 5.74) is 4.01. The summed E-state index contributed by atoms with van der Waals surface area (Å²) in [6.07, 6.45) is 4.93. The Hall–Kier alpha value is -3.69. The fourth-order valence-electron chi connectivity index (χ4n) is 5.15. The molecule has 2 atom stereocenters. The van der Waals surface area contributed by atoms with Crippen molar-refractivity contribution in [3.8, 4) is 11.3 Å². The zero-order chi connectivity index (χ0) is 25.0. The van der Waals surface area contributed by atoms with Gasteiger partial charge in [0.25, 0.3) is 5.91 Å². The van der Waals surface area contributed by atoms with Crippen molar-refractivity contribution < 1.29 is 18.0 Å². The summed E-state index contributed by atoms with van der Waals surface area (Å²) in [5, 5.41) is 4.66. The highest BCUT2D eigenvalue weighted by Crippen LogP contribution is 2.41. The molecular weight excluding hydrogens is 457 g/mol. The maximum atomic E-state index is 14.0. The van der Waals surface area contributed by atoms with E-state index in [9.17, 15) is 18.0 Å². The molecule has 4 heterocycles. The Morgan fingerprint density at radius 2 is 1.77 bits per heavy atom. The van der Waals surface area contributed by atoms with Crippen LogP contribution in [0.1, 0.15) is 54.3 Å². The van der Waals surface area contributed by atoms with E-state index in [1.165, 1.54) is 0 Å². The molecule has 4 aromatic rings. The van der Waals surface area contributed by atoms with Gasteiger partial charge in [0, 0.05) is 37.5 Å². The van der Waals surface area contributed by atoms with Crippen LogP contribution >= 0.6 is 0 Å². The van der Waals surface area contributed by atoms with Crippen LogP contribution in [0.2, 0.25) is 0 Å². The molecule has 1 aliphatic heterocycles. The minimum atomic E-state index is -1.50. The molecule has 1 aliphatic rings. The Balaban J connectivity index is 1.60. The highest BCUT2D eigenvalue weighted by Gasteiger charge is 2.40. The summed E-state index contributed by atoms with van der Waals surface area (Å²) in [5.74, 6) is -4.17. The number of aromatic nitrogens is 5. The van der Waals surface area contributed by atoms with Crippen molar-refractivity contribution in [1.82, 2.24) is 29.2 Å². The molecule has 0 bridgehead atoms. The number of hydrogen-bond donors (Lipinski definition) is 0. The van der Waals surface area contributed by atoms with E-state index in [1.807, 2.05) is 25.8 Å². The Kier molecular flexibility index (Phi) is 5.61. The summed E-state index contributed by atoms with van der Waals surface area (Å²) in [6, 6.07) is 3.21. The number of hydrogen-bond acceptors (Lipinski definition) is 4. The zero-order valence-electron chi connectivity index (χ0n) is 19.9. The minimum absolute atomic E-state index is 0.166. The molecule has 7 nitrogen and oxygen atoms in total. The summed E-state index contributed by atoms with van der Waals surface area (Å²) in [7, 11) is 3.53. The molecule has 10 heteroatoms. The molecule has 182 valence electrons. The van der Waals surface area contributed by atoms with E-state index in [1.54, 1.807) is 34.9 Å². The number of aryl methyl sites for hydroxylation is 2. The fraction of sp³-hybridized carbons (Fsp3) is 0.360. The Labute approximate surface area is 200 Å². The minimum Gasteiger partial charge on any atom is -0.327 e. The van der Waals surface area contributed by atoms with Gasteiger partial charge in [0.2, 0.25) is 0 Å². The molecule has 0 radical (unpaired) electrons. The van der Waals surface area contributed by atoms with E-state index in [-0.39, 0.29) is 23.6 Å². The monoisotopic (exact) mass is 482 g/mol. The van der Waals surface area contributed by atoms with E-state index < -0.39 is 17.5 Å². The van der Waals surface area contributed by atoms with Gasteiger partial charge in [0.1, 0.15) is 5.52 Å². The number of pyridine rings is 1. The van der Waals surface area contributed by atoms with Crippen LogP contribution in [0.4, 0.5) is 13.2 Å². The van der Waals surface area contributed by atoms with Gasteiger partial charge in [-0.15, -0.1) is 0 Å². The number of fused-ring (bicyclic) bond motifs is 2. The van der Waals surface area contributed by atoms with Crippen molar-refractivity contribution in [1.29, 1.82) is 0 Å². The highest BCUT2D eigenvalue weighted by atomic mass is 19.2. The van der Waals surface area contributed by atoms with Crippen LogP contribution in [0.15, 0.2) is 30.7 Å². The van der Waals surface area contributed by atoms with Gasteiger partial charge in [0.15, 0.2) is 23.1 Å². The number of halogens is 3. The molecule has 3 aromatic heterocycles. The van der Waals surface area contributed by atoms with E-state index in [2.05, 4.69) is 15.1 Å². The van der Waals surface area contributed by atoms with Gasteiger partial charge < -0.3 is 9.47 Å². The number of rotatable bonds is 4. The lowest BCUT2D eigenvalue weighted by Crippen LogP contribution is -2.47. The van der Waals surface area contributed by atoms with E-state index in [0.717, 1.165) is 17.7 Å². The first-order valence-corrected chi connectivity index (χ1v) is 11.6. The Morgan fingerprint density at radius 3 is 2.43 bits per heavy atom. The first kappa shape index (κ1) is 23.1. The summed E-state index contributed by atoms with van der Waals surface area (Å²) < 4.78 is 45.0. The van der Waals surface area contributed by atoms with Crippen LogP contribution in [0.25, 0.3) is 22.4 Å². The van der Waals surface area contributed by atoms with Gasteiger partial charge >= 0.3 is 0 Å². The maximum Gasteiger partial charge on any atom is 0.256 e. The third-order valence-electron chi connectivity index (χ3n) is 6.81. The second-order valence-corrected chi connectivity index (χ2v) is 8.91. The molecule has 1 amide bonds. The average molecular weight is 483 g/mol. The number of imidazole rings is 1. The standard InChI is InChI=1S/C25H25F3N6O/c1-5-15-10-16-22(31-33(4)23(16)13-7-17(26)21(28)18(27)8-13)20(6-2)34(15)25(35)14-9-19-24(29-11-14)32(3)12-30-19/h7-9,11-12,15,20H,5-6,10H2,1-4H3. The van der Waals surface area contributed by atoms with Crippen molar-refractivity contribution in [3.63, 3.8) is 0 Å². The normalized spacial score (nSPS) is 17.7. The van der Waals surface area contributed by atoms with Crippen LogP contribution < -0.4 is 0 Å². The number of benzene rings is 1. The van der Waals surface area contributed by atoms with Crippen LogP contribution in [0, 0.1) is 17.5 Å². The lowest BCUT2D eigenvalue weighted by Gasteiger charge is -2.41. The van der Waals surface area contributed by atoms with Crippen molar-refractivity contribution in [3.05, 3.63) is 65.0 Å². The van der Waals surface area contributed by atoms with Gasteiger partial charge in [-0.3, -0.25) is 9.48 Å². The van der Waals surface area contributed by atoms with Crippen molar-refractivity contribution in [2.75, 3.05) is 0 Å². The summed E-state index contributed by atoms with van der Waals surface area (Å²) in [6.45, 7) is 3.97. The van der Waals surface area contributed by atoms with E-state index in [4.69, 9.17) is 0 Å². The molecule has 0 saturated heterocycles. The molecule has 5 rings (SSSR count). The average Bonchev–Trinajstić information content (AvgIpc) is 3.38.